The van der Waals surface area contributed by atoms with Crippen LogP contribution in [0.15, 0.2) is 24.3 Å². The molecule has 18 heteroatoms. The van der Waals surface area contributed by atoms with Gasteiger partial charge in [-0.2, -0.15) is 0 Å². The van der Waals surface area contributed by atoms with E-state index in [1.165, 1.54) is 38.1 Å². The molecule has 0 heterocycles. The molecule has 0 bridgehead atoms. The molecule has 268 valence electrons. The molecular formula is C30H46N6O12. The van der Waals surface area contributed by atoms with Gasteiger partial charge in [-0.05, 0) is 50.3 Å². The van der Waals surface area contributed by atoms with Crippen molar-refractivity contribution in [2.75, 3.05) is 6.61 Å². The van der Waals surface area contributed by atoms with E-state index in [9.17, 15) is 59.1 Å². The quantitative estimate of drug-likeness (QED) is 0.0657. The molecule has 7 atom stereocenters. The van der Waals surface area contributed by atoms with Gasteiger partial charge in [0.25, 0.3) is 0 Å². The van der Waals surface area contributed by atoms with Crippen LogP contribution in [0.2, 0.25) is 0 Å². The number of amides is 5. The lowest BCUT2D eigenvalue weighted by Crippen LogP contribution is -2.60. The Morgan fingerprint density at radius 1 is 0.708 bits per heavy atom. The Morgan fingerprint density at radius 3 is 1.71 bits per heavy atom. The number of hydrogen-bond donors (Lipinski definition) is 11. The van der Waals surface area contributed by atoms with Gasteiger partial charge in [0.05, 0.1) is 12.7 Å². The maximum Gasteiger partial charge on any atom is 0.326 e. The van der Waals surface area contributed by atoms with Crippen molar-refractivity contribution in [3.63, 3.8) is 0 Å². The molecule has 0 radical (unpaired) electrons. The summed E-state index contributed by atoms with van der Waals surface area (Å²) in [6.07, 6.45) is -2.46. The van der Waals surface area contributed by atoms with Crippen molar-refractivity contribution >= 4 is 41.5 Å². The zero-order chi connectivity index (χ0) is 36.7. The molecule has 0 saturated carbocycles. The average molecular weight is 683 g/mol. The van der Waals surface area contributed by atoms with E-state index in [4.69, 9.17) is 5.73 Å². The number of hydrogen-bond acceptors (Lipinski definition) is 11. The number of phenols is 1. The molecule has 1 rings (SSSR count). The van der Waals surface area contributed by atoms with Crippen molar-refractivity contribution in [1.82, 2.24) is 26.6 Å². The smallest absolute Gasteiger partial charge is 0.326 e. The van der Waals surface area contributed by atoms with Gasteiger partial charge in [-0.3, -0.25) is 28.8 Å². The standard InChI is InChI=1S/C30H46N6O12/c1-14(2)11-21(30(47)48)35-25(42)15(3)32-26(43)19(9-10-23(40)41)33-27(44)20(12-17-5-7-18(39)8-6-17)34-28(45)22(13-37)36-29(46)24(31)16(4)38/h5-8,14-16,19-22,24,37-39H,9-13,31H2,1-4H3,(H,32,43)(H,33,44)(H,34,45)(H,35,42)(H,36,46)(H,40,41)(H,47,48)/t15-,16+,19-,20-,21-,22-,24-/m0/s1. The Balaban J connectivity index is 3.24. The summed E-state index contributed by atoms with van der Waals surface area (Å²) < 4.78 is 0. The monoisotopic (exact) mass is 682 g/mol. The number of carbonyl (C=O) groups is 7. The SMILES string of the molecule is CC(C)C[C@H](NC(=O)[C@H](C)NC(=O)[C@H](CCC(=O)O)NC(=O)[C@H](Cc1ccc(O)cc1)NC(=O)[C@H](CO)NC(=O)[C@@H](N)[C@@H](C)O)C(=O)O. The van der Waals surface area contributed by atoms with E-state index in [0.717, 1.165) is 0 Å². The van der Waals surface area contributed by atoms with Crippen LogP contribution in [-0.2, 0) is 40.0 Å². The molecule has 0 spiro atoms. The predicted octanol–water partition coefficient (Wildman–Crippen LogP) is -2.93. The highest BCUT2D eigenvalue weighted by Crippen LogP contribution is 2.12. The van der Waals surface area contributed by atoms with Crippen LogP contribution < -0.4 is 32.3 Å². The minimum absolute atomic E-state index is 0.0762. The number of carbonyl (C=O) groups excluding carboxylic acids is 5. The minimum Gasteiger partial charge on any atom is -0.508 e. The normalized spacial score (nSPS) is 15.4. The summed E-state index contributed by atoms with van der Waals surface area (Å²) in [5, 5.41) is 59.1. The zero-order valence-corrected chi connectivity index (χ0v) is 27.1. The molecule has 48 heavy (non-hydrogen) atoms. The second-order valence-corrected chi connectivity index (χ2v) is 11.7. The summed E-state index contributed by atoms with van der Waals surface area (Å²) in [6, 6.07) is -3.14. The molecule has 0 fully saturated rings. The molecule has 0 aliphatic heterocycles. The second kappa shape index (κ2) is 19.8. The number of rotatable bonds is 20. The van der Waals surface area contributed by atoms with Crippen LogP contribution in [0.1, 0.15) is 52.5 Å². The van der Waals surface area contributed by atoms with Crippen LogP contribution in [0.4, 0.5) is 0 Å². The molecule has 0 aromatic heterocycles. The Labute approximate surface area is 276 Å². The first-order valence-electron chi connectivity index (χ1n) is 15.1. The van der Waals surface area contributed by atoms with Crippen LogP contribution in [-0.4, -0.2) is 116 Å². The summed E-state index contributed by atoms with van der Waals surface area (Å²) in [4.78, 5) is 87.6. The fourth-order valence-corrected chi connectivity index (χ4v) is 4.21. The lowest BCUT2D eigenvalue weighted by molar-refractivity contribution is -0.142. The van der Waals surface area contributed by atoms with Crippen LogP contribution >= 0.6 is 0 Å². The molecule has 1 aromatic carbocycles. The van der Waals surface area contributed by atoms with Crippen molar-refractivity contribution in [3.05, 3.63) is 29.8 Å². The Kier molecular flexibility index (Phi) is 17.0. The largest absolute Gasteiger partial charge is 0.508 e. The first kappa shape index (κ1) is 41.2. The maximum absolute atomic E-state index is 13.5. The highest BCUT2D eigenvalue weighted by atomic mass is 16.4. The van der Waals surface area contributed by atoms with Gasteiger partial charge >= 0.3 is 11.9 Å². The third-order valence-electron chi connectivity index (χ3n) is 7.00. The number of carboxylic acid groups (broad SMARTS) is 2. The van der Waals surface area contributed by atoms with Crippen molar-refractivity contribution in [3.8, 4) is 5.75 Å². The van der Waals surface area contributed by atoms with Gasteiger partial charge < -0.3 is 57.9 Å². The van der Waals surface area contributed by atoms with E-state index in [1.807, 2.05) is 0 Å². The van der Waals surface area contributed by atoms with Crippen molar-refractivity contribution in [2.24, 2.45) is 11.7 Å². The van der Waals surface area contributed by atoms with Crippen LogP contribution in [0, 0.1) is 5.92 Å². The lowest BCUT2D eigenvalue weighted by Gasteiger charge is -2.26. The Morgan fingerprint density at radius 2 is 1.21 bits per heavy atom. The van der Waals surface area contributed by atoms with E-state index in [-0.39, 0.29) is 24.5 Å². The number of nitrogens with one attached hydrogen (secondary N) is 5. The minimum atomic E-state index is -1.62. The molecule has 18 nitrogen and oxygen atoms in total. The molecule has 0 saturated heterocycles. The van der Waals surface area contributed by atoms with Crippen LogP contribution in [0.5, 0.6) is 5.75 Å². The Bertz CT molecular complexity index is 1290. The molecule has 0 unspecified atom stereocenters. The van der Waals surface area contributed by atoms with E-state index < -0.39 is 103 Å². The number of aliphatic carboxylic acids is 2. The van der Waals surface area contributed by atoms with E-state index in [1.54, 1.807) is 13.8 Å². The average Bonchev–Trinajstić information content (AvgIpc) is 3.00. The molecule has 12 N–H and O–H groups in total. The Hall–Kier alpha value is -4.81. The third kappa shape index (κ3) is 14.3. The van der Waals surface area contributed by atoms with Gasteiger partial charge in [-0.25, -0.2) is 4.79 Å². The van der Waals surface area contributed by atoms with Gasteiger partial charge in [0, 0.05) is 12.8 Å². The number of phenolic OH excluding ortho intramolecular Hbond substituents is 1. The number of benzene rings is 1. The first-order chi connectivity index (χ1) is 22.4. The summed E-state index contributed by atoms with van der Waals surface area (Å²) >= 11 is 0. The fourth-order valence-electron chi connectivity index (χ4n) is 4.21. The third-order valence-corrected chi connectivity index (χ3v) is 7.00. The summed E-state index contributed by atoms with van der Waals surface area (Å²) in [7, 11) is 0. The van der Waals surface area contributed by atoms with Gasteiger partial charge in [-0.1, -0.05) is 26.0 Å². The lowest BCUT2D eigenvalue weighted by atomic mass is 10.0. The number of carboxylic acids is 2. The summed E-state index contributed by atoms with van der Waals surface area (Å²) in [5.74, 6) is -7.60. The van der Waals surface area contributed by atoms with Gasteiger partial charge in [0.2, 0.25) is 29.5 Å². The van der Waals surface area contributed by atoms with Crippen LogP contribution in [0.3, 0.4) is 0 Å². The maximum atomic E-state index is 13.5. The topological polar surface area (TPSA) is 307 Å². The highest BCUT2D eigenvalue weighted by Gasteiger charge is 2.32. The van der Waals surface area contributed by atoms with Crippen molar-refractivity contribution in [2.45, 2.75) is 95.7 Å². The van der Waals surface area contributed by atoms with Crippen molar-refractivity contribution in [1.29, 1.82) is 0 Å². The summed E-state index contributed by atoms with van der Waals surface area (Å²) in [5.41, 5.74) is 5.99. The molecule has 0 aliphatic carbocycles. The molecule has 5 amide bonds. The van der Waals surface area contributed by atoms with E-state index >= 15 is 0 Å². The van der Waals surface area contributed by atoms with E-state index in [2.05, 4.69) is 26.6 Å². The molecular weight excluding hydrogens is 636 g/mol. The first-order valence-corrected chi connectivity index (χ1v) is 15.1. The molecule has 0 aliphatic rings. The number of aliphatic hydroxyl groups excluding tert-OH is 2. The summed E-state index contributed by atoms with van der Waals surface area (Å²) in [6.45, 7) is 5.08. The van der Waals surface area contributed by atoms with Gasteiger partial charge in [0.1, 0.15) is 42.0 Å². The predicted molar refractivity (Wildman–Crippen MR) is 168 cm³/mol. The van der Waals surface area contributed by atoms with E-state index in [0.29, 0.717) is 5.56 Å². The molecule has 1 aromatic rings. The van der Waals surface area contributed by atoms with Gasteiger partial charge in [0.15, 0.2) is 0 Å². The second-order valence-electron chi connectivity index (χ2n) is 11.7. The van der Waals surface area contributed by atoms with Crippen molar-refractivity contribution < 1.29 is 59.1 Å². The fraction of sp³-hybridized carbons (Fsp3) is 0.567. The number of aliphatic hydroxyl groups is 2. The highest BCUT2D eigenvalue weighted by molar-refractivity contribution is 5.96. The number of aromatic hydroxyl groups is 1. The van der Waals surface area contributed by atoms with Gasteiger partial charge in [-0.15, -0.1) is 0 Å². The number of nitrogens with two attached hydrogens (primary N) is 1. The zero-order valence-electron chi connectivity index (χ0n) is 27.1. The van der Waals surface area contributed by atoms with Crippen LogP contribution in [0.25, 0.3) is 0 Å².